The van der Waals surface area contributed by atoms with Crippen molar-refractivity contribution in [1.82, 2.24) is 0 Å². The van der Waals surface area contributed by atoms with Gasteiger partial charge in [-0.15, -0.1) is 6.42 Å². The highest BCUT2D eigenvalue weighted by molar-refractivity contribution is 5.99. The predicted molar refractivity (Wildman–Crippen MR) is 37.5 cm³/mol. The average Bonchev–Trinajstić information content (AvgIpc) is 2.03. The number of hydrogen-bond acceptors (Lipinski definition) is 4. The summed E-state index contributed by atoms with van der Waals surface area (Å²) in [5, 5.41) is 8.44. The van der Waals surface area contributed by atoms with Crippen LogP contribution in [-0.4, -0.2) is 38.4 Å². The van der Waals surface area contributed by atoms with Crippen LogP contribution >= 0.6 is 0 Å². The lowest BCUT2D eigenvalue weighted by molar-refractivity contribution is -0.152. The highest BCUT2D eigenvalue weighted by atomic mass is 16.6. The Morgan fingerprint density at radius 3 is 2.82 bits per heavy atom. The van der Waals surface area contributed by atoms with Crippen LogP contribution in [0.5, 0.6) is 0 Å². The van der Waals surface area contributed by atoms with Gasteiger partial charge in [0.2, 0.25) is 0 Å². The molecule has 0 aliphatic heterocycles. The Morgan fingerprint density at radius 1 is 1.82 bits per heavy atom. The monoisotopic (exact) mass is 154 g/mol. The quantitative estimate of drug-likeness (QED) is 0.308. The van der Waals surface area contributed by atoms with Gasteiger partial charge < -0.3 is 14.5 Å². The normalized spacial score (nSPS) is 11.6. The van der Waals surface area contributed by atoms with Crippen LogP contribution in [0.3, 0.4) is 0 Å². The second-order valence-electron chi connectivity index (χ2n) is 1.62. The first-order chi connectivity index (χ1) is 5.26. The van der Waals surface area contributed by atoms with Crippen LogP contribution in [0.1, 0.15) is 0 Å². The van der Waals surface area contributed by atoms with Crippen molar-refractivity contribution in [3.8, 4) is 12.3 Å². The molecule has 0 spiro atoms. The van der Waals surface area contributed by atoms with Gasteiger partial charge in [0.05, 0.1) is 6.61 Å². The highest BCUT2D eigenvalue weighted by Gasteiger charge is 2.16. The van der Waals surface area contributed by atoms with Crippen molar-refractivity contribution in [2.24, 2.45) is 0 Å². The number of aliphatic hydroxyl groups is 1. The molecule has 0 fully saturated rings. The first kappa shape index (κ1) is 10.0. The second-order valence-corrected chi connectivity index (χ2v) is 1.62. The van der Waals surface area contributed by atoms with Crippen molar-refractivity contribution in [3.05, 3.63) is 0 Å². The standard InChI is InChI=1S/C6H7BO4/c1-2-3-10-6(9)5(4-8)11-7/h1,5,8H,3-4H2. The van der Waals surface area contributed by atoms with E-state index in [0.29, 0.717) is 0 Å². The molecule has 0 aromatic heterocycles. The lowest BCUT2D eigenvalue weighted by Crippen LogP contribution is -2.29. The van der Waals surface area contributed by atoms with E-state index >= 15 is 0 Å². The summed E-state index contributed by atoms with van der Waals surface area (Å²) >= 11 is 0. The first-order valence-electron chi connectivity index (χ1n) is 2.82. The van der Waals surface area contributed by atoms with Gasteiger partial charge in [0.25, 0.3) is 8.05 Å². The zero-order valence-corrected chi connectivity index (χ0v) is 5.82. The van der Waals surface area contributed by atoms with Gasteiger partial charge in [-0.3, -0.25) is 0 Å². The number of ether oxygens (including phenoxy) is 1. The van der Waals surface area contributed by atoms with E-state index in [1.165, 1.54) is 0 Å². The third-order valence-corrected chi connectivity index (χ3v) is 0.891. The molecule has 0 aromatic rings. The van der Waals surface area contributed by atoms with Crippen molar-refractivity contribution < 1.29 is 19.3 Å². The van der Waals surface area contributed by atoms with E-state index in [1.54, 1.807) is 0 Å². The minimum Gasteiger partial charge on any atom is -0.451 e. The molecular formula is C6H7BO4. The van der Waals surface area contributed by atoms with E-state index in [9.17, 15) is 4.79 Å². The van der Waals surface area contributed by atoms with Crippen LogP contribution in [0, 0.1) is 12.3 Å². The van der Waals surface area contributed by atoms with Crippen LogP contribution in [0.2, 0.25) is 0 Å². The predicted octanol–water partition coefficient (Wildman–Crippen LogP) is -1.38. The number of rotatable bonds is 4. The average molecular weight is 154 g/mol. The maximum absolute atomic E-state index is 10.7. The molecule has 1 N–H and O–H groups in total. The minimum atomic E-state index is -1.15. The van der Waals surface area contributed by atoms with Crippen molar-refractivity contribution in [2.75, 3.05) is 13.2 Å². The van der Waals surface area contributed by atoms with E-state index < -0.39 is 18.7 Å². The molecule has 58 valence electrons. The lowest BCUT2D eigenvalue weighted by atomic mass is 10.3. The molecule has 2 radical (unpaired) electrons. The molecule has 0 aliphatic carbocycles. The molecule has 11 heavy (non-hydrogen) atoms. The van der Waals surface area contributed by atoms with Crippen LogP contribution in [-0.2, 0) is 14.2 Å². The Bertz CT molecular complexity index is 158. The molecule has 0 saturated carbocycles. The van der Waals surface area contributed by atoms with Crippen LogP contribution in [0.15, 0.2) is 0 Å². The summed E-state index contributed by atoms with van der Waals surface area (Å²) in [7, 11) is 4.64. The molecule has 4 nitrogen and oxygen atoms in total. The van der Waals surface area contributed by atoms with Crippen LogP contribution < -0.4 is 0 Å². The molecule has 5 heteroatoms. The van der Waals surface area contributed by atoms with Crippen LogP contribution in [0.4, 0.5) is 0 Å². The molecule has 0 amide bonds. The molecule has 0 rings (SSSR count). The van der Waals surface area contributed by atoms with E-state index in [4.69, 9.17) is 11.5 Å². The summed E-state index contributed by atoms with van der Waals surface area (Å²) in [6.07, 6.45) is 3.65. The second kappa shape index (κ2) is 5.77. The highest BCUT2D eigenvalue weighted by Crippen LogP contribution is 1.91. The van der Waals surface area contributed by atoms with Crippen molar-refractivity contribution in [3.63, 3.8) is 0 Å². The summed E-state index contributed by atoms with van der Waals surface area (Å²) in [6.45, 7) is -0.682. The van der Waals surface area contributed by atoms with Gasteiger partial charge in [0.1, 0.15) is 0 Å². The van der Waals surface area contributed by atoms with Gasteiger partial charge in [0, 0.05) is 0 Å². The molecule has 0 aromatic carbocycles. The fraction of sp³-hybridized carbons (Fsp3) is 0.500. The smallest absolute Gasteiger partial charge is 0.336 e. The Hall–Kier alpha value is -0.985. The Kier molecular flexibility index (Phi) is 5.26. The molecule has 0 aliphatic rings. The number of esters is 1. The summed E-state index contributed by atoms with van der Waals surface area (Å²) in [6, 6.07) is 0. The zero-order valence-electron chi connectivity index (χ0n) is 5.82. The SMILES string of the molecule is [B]OC(CO)C(=O)OCC#C. The summed E-state index contributed by atoms with van der Waals surface area (Å²) < 4.78 is 8.46. The Morgan fingerprint density at radius 2 is 2.45 bits per heavy atom. The largest absolute Gasteiger partial charge is 0.451 e. The van der Waals surface area contributed by atoms with E-state index in [1.807, 2.05) is 0 Å². The third-order valence-electron chi connectivity index (χ3n) is 0.891. The number of hydrogen-bond donors (Lipinski definition) is 1. The number of carbonyl (C=O) groups excluding carboxylic acids is 1. The van der Waals surface area contributed by atoms with E-state index in [2.05, 4.69) is 23.4 Å². The maximum atomic E-state index is 10.7. The van der Waals surface area contributed by atoms with Gasteiger partial charge in [-0.2, -0.15) is 0 Å². The lowest BCUT2D eigenvalue weighted by Gasteiger charge is -2.09. The molecule has 0 heterocycles. The molecule has 0 saturated heterocycles. The molecular weight excluding hydrogens is 147 g/mol. The fourth-order valence-corrected chi connectivity index (χ4v) is 0.379. The molecule has 1 unspecified atom stereocenters. The Labute approximate surface area is 65.9 Å². The summed E-state index contributed by atoms with van der Waals surface area (Å²) in [5.41, 5.74) is 0. The number of aliphatic hydroxyl groups excluding tert-OH is 1. The minimum absolute atomic E-state index is 0.154. The van der Waals surface area contributed by atoms with Gasteiger partial charge in [0.15, 0.2) is 12.7 Å². The van der Waals surface area contributed by atoms with Gasteiger partial charge >= 0.3 is 5.97 Å². The summed E-state index contributed by atoms with van der Waals surface area (Å²) in [5.74, 6) is 1.31. The summed E-state index contributed by atoms with van der Waals surface area (Å²) in [4.78, 5) is 10.7. The van der Waals surface area contributed by atoms with Gasteiger partial charge in [-0.1, -0.05) is 5.92 Å². The van der Waals surface area contributed by atoms with Crippen LogP contribution in [0.25, 0.3) is 0 Å². The van der Waals surface area contributed by atoms with Gasteiger partial charge in [-0.05, 0) is 0 Å². The number of terminal acetylenes is 1. The van der Waals surface area contributed by atoms with E-state index in [0.717, 1.165) is 0 Å². The topological polar surface area (TPSA) is 55.8 Å². The molecule has 0 bridgehead atoms. The molecule has 1 atom stereocenters. The van der Waals surface area contributed by atoms with E-state index in [-0.39, 0.29) is 6.61 Å². The first-order valence-corrected chi connectivity index (χ1v) is 2.82. The van der Waals surface area contributed by atoms with Crippen molar-refractivity contribution in [2.45, 2.75) is 6.10 Å². The third kappa shape index (κ3) is 3.66. The van der Waals surface area contributed by atoms with Gasteiger partial charge in [-0.25, -0.2) is 4.79 Å². The Balaban J connectivity index is 3.72. The number of carbonyl (C=O) groups is 1. The maximum Gasteiger partial charge on any atom is 0.336 e. The fourth-order valence-electron chi connectivity index (χ4n) is 0.379. The van der Waals surface area contributed by atoms with Crippen molar-refractivity contribution in [1.29, 1.82) is 0 Å². The van der Waals surface area contributed by atoms with Crippen molar-refractivity contribution >= 4 is 14.0 Å². The zero-order chi connectivity index (χ0) is 8.69.